The highest BCUT2D eigenvalue weighted by Crippen LogP contribution is 2.15. The Kier molecular flexibility index (Phi) is 8.86. The van der Waals surface area contributed by atoms with Crippen molar-refractivity contribution in [2.24, 2.45) is 5.92 Å². The quantitative estimate of drug-likeness (QED) is 0.524. The van der Waals surface area contributed by atoms with Crippen LogP contribution in [0.5, 0.6) is 0 Å². The third kappa shape index (κ3) is 11.2. The Labute approximate surface area is 80.4 Å². The zero-order chi connectivity index (χ0) is 10.9. The van der Waals surface area contributed by atoms with Gasteiger partial charge in [0.15, 0.2) is 5.79 Å². The molecule has 0 aromatic carbocycles. The van der Waals surface area contributed by atoms with E-state index in [4.69, 9.17) is 10.2 Å². The Hall–Kier alpha value is -0.800. The predicted octanol–water partition coefficient (Wildman–Crippen LogP) is 2.02. The van der Waals surface area contributed by atoms with Crippen LogP contribution in [0.2, 0.25) is 0 Å². The second kappa shape index (κ2) is 7.83. The van der Waals surface area contributed by atoms with Gasteiger partial charge in [-0.1, -0.05) is 27.0 Å². The molecule has 3 heteroatoms. The third-order valence-electron chi connectivity index (χ3n) is 1.74. The van der Waals surface area contributed by atoms with Crippen molar-refractivity contribution < 1.29 is 14.9 Å². The summed E-state index contributed by atoms with van der Waals surface area (Å²) < 4.78 is 4.36. The van der Waals surface area contributed by atoms with Crippen molar-refractivity contribution in [1.29, 1.82) is 0 Å². The van der Waals surface area contributed by atoms with Crippen LogP contribution in [0.15, 0.2) is 25.7 Å². The van der Waals surface area contributed by atoms with Gasteiger partial charge in [0.05, 0.1) is 12.5 Å². The molecule has 0 heterocycles. The molecule has 0 amide bonds. The van der Waals surface area contributed by atoms with Gasteiger partial charge in [-0.05, 0) is 13.3 Å². The molecule has 0 rings (SSSR count). The highest BCUT2D eigenvalue weighted by molar-refractivity contribution is 4.63. The summed E-state index contributed by atoms with van der Waals surface area (Å²) in [5.41, 5.74) is 0. The largest absolute Gasteiger partial charge is 0.474 e. The van der Waals surface area contributed by atoms with E-state index in [1.54, 1.807) is 6.92 Å². The van der Waals surface area contributed by atoms with Crippen LogP contribution in [0.25, 0.3) is 0 Å². The maximum Gasteiger partial charge on any atom is 0.162 e. The van der Waals surface area contributed by atoms with E-state index < -0.39 is 5.79 Å². The Morgan fingerprint density at radius 1 is 1.38 bits per heavy atom. The normalized spacial score (nSPS) is 12.1. The average Bonchev–Trinajstić information content (AvgIpc) is 2.04. The van der Waals surface area contributed by atoms with Crippen molar-refractivity contribution in [1.82, 2.24) is 0 Å². The van der Waals surface area contributed by atoms with Crippen molar-refractivity contribution >= 4 is 0 Å². The van der Waals surface area contributed by atoms with Crippen molar-refractivity contribution in [3.05, 3.63) is 25.7 Å². The topological polar surface area (TPSA) is 49.7 Å². The van der Waals surface area contributed by atoms with Crippen LogP contribution in [0.3, 0.4) is 0 Å². The number of hydrogen-bond acceptors (Lipinski definition) is 3. The van der Waals surface area contributed by atoms with E-state index in [-0.39, 0.29) is 5.92 Å². The Balaban J connectivity index is 0. The van der Waals surface area contributed by atoms with E-state index in [1.807, 2.05) is 6.92 Å². The fourth-order valence-electron chi connectivity index (χ4n) is 0.455. The van der Waals surface area contributed by atoms with Gasteiger partial charge in [0.2, 0.25) is 0 Å². The molecule has 3 nitrogen and oxygen atoms in total. The molecular weight excluding hydrogens is 168 g/mol. The van der Waals surface area contributed by atoms with Gasteiger partial charge in [-0.3, -0.25) is 0 Å². The predicted molar refractivity (Wildman–Crippen MR) is 53.8 cm³/mol. The minimum Gasteiger partial charge on any atom is -0.474 e. The molecule has 0 aromatic heterocycles. The number of hydrogen-bond donors (Lipinski definition) is 2. The lowest BCUT2D eigenvalue weighted by molar-refractivity contribution is -0.181. The maximum absolute atomic E-state index is 8.84. The second-order valence-corrected chi connectivity index (χ2v) is 2.87. The van der Waals surface area contributed by atoms with Crippen LogP contribution in [-0.4, -0.2) is 16.0 Å². The fraction of sp³-hybridized carbons (Fsp3) is 0.600. The van der Waals surface area contributed by atoms with Crippen molar-refractivity contribution in [3.63, 3.8) is 0 Å². The molecule has 0 saturated carbocycles. The highest BCUT2D eigenvalue weighted by Gasteiger charge is 2.22. The summed E-state index contributed by atoms with van der Waals surface area (Å²) in [6.45, 7) is 11.6. The molecule has 0 aliphatic carbocycles. The fourth-order valence-corrected chi connectivity index (χ4v) is 0.455. The summed E-state index contributed by atoms with van der Waals surface area (Å²) in [5.74, 6) is -1.53. The molecule has 0 spiro atoms. The molecule has 0 bridgehead atoms. The summed E-state index contributed by atoms with van der Waals surface area (Å²) in [6, 6.07) is 0. The molecule has 0 aliphatic heterocycles. The minimum atomic E-state index is -1.49. The summed E-state index contributed by atoms with van der Waals surface area (Å²) in [6.07, 6.45) is 3.42. The minimum absolute atomic E-state index is 0.0394. The molecule has 1 unspecified atom stereocenters. The second-order valence-electron chi connectivity index (χ2n) is 2.87. The van der Waals surface area contributed by atoms with Gasteiger partial charge in [0, 0.05) is 5.92 Å². The van der Waals surface area contributed by atoms with Crippen molar-refractivity contribution in [3.8, 4) is 0 Å². The zero-order valence-electron chi connectivity index (χ0n) is 8.66. The van der Waals surface area contributed by atoms with Crippen LogP contribution in [0.4, 0.5) is 0 Å². The first-order valence-corrected chi connectivity index (χ1v) is 4.22. The Bertz CT molecular complexity index is 130. The molecule has 13 heavy (non-hydrogen) atoms. The molecule has 0 fully saturated rings. The molecule has 78 valence electrons. The highest BCUT2D eigenvalue weighted by atomic mass is 16.5. The van der Waals surface area contributed by atoms with E-state index >= 15 is 0 Å². The van der Waals surface area contributed by atoms with Crippen molar-refractivity contribution in [2.45, 2.75) is 33.0 Å². The molecule has 1 atom stereocenters. The smallest absolute Gasteiger partial charge is 0.162 e. The van der Waals surface area contributed by atoms with E-state index in [9.17, 15) is 0 Å². The monoisotopic (exact) mass is 188 g/mol. The summed E-state index contributed by atoms with van der Waals surface area (Å²) in [4.78, 5) is 0. The van der Waals surface area contributed by atoms with Gasteiger partial charge in [0.25, 0.3) is 0 Å². The van der Waals surface area contributed by atoms with Crippen LogP contribution in [0, 0.1) is 5.92 Å². The van der Waals surface area contributed by atoms with E-state index in [1.165, 1.54) is 19.4 Å². The van der Waals surface area contributed by atoms with Gasteiger partial charge >= 0.3 is 0 Å². The zero-order valence-corrected chi connectivity index (χ0v) is 8.66. The van der Waals surface area contributed by atoms with Gasteiger partial charge in [-0.15, -0.1) is 0 Å². The molecule has 0 radical (unpaired) electrons. The standard InChI is InChI=1S/C6H14O2.C4H6O/c1-4-5(2)6(3,7)8;1-3-5-4-2/h5,7-8H,4H2,1-3H3;3-4H,1-2H2. The van der Waals surface area contributed by atoms with Crippen molar-refractivity contribution in [2.75, 3.05) is 0 Å². The Morgan fingerprint density at radius 2 is 1.77 bits per heavy atom. The van der Waals surface area contributed by atoms with Crippen LogP contribution in [0.1, 0.15) is 27.2 Å². The number of rotatable bonds is 4. The lowest BCUT2D eigenvalue weighted by Gasteiger charge is -2.22. The van der Waals surface area contributed by atoms with Gasteiger partial charge in [0.1, 0.15) is 0 Å². The number of ether oxygens (including phenoxy) is 1. The summed E-state index contributed by atoms with van der Waals surface area (Å²) in [5, 5.41) is 17.7. The lowest BCUT2D eigenvalue weighted by Crippen LogP contribution is -2.31. The first-order valence-electron chi connectivity index (χ1n) is 4.22. The van der Waals surface area contributed by atoms with Gasteiger partial charge in [-0.2, -0.15) is 0 Å². The Morgan fingerprint density at radius 3 is 1.77 bits per heavy atom. The van der Waals surface area contributed by atoms with Crippen LogP contribution in [-0.2, 0) is 4.74 Å². The maximum atomic E-state index is 8.84. The average molecular weight is 188 g/mol. The molecule has 0 saturated heterocycles. The molecular formula is C10H20O3. The lowest BCUT2D eigenvalue weighted by atomic mass is 10.0. The van der Waals surface area contributed by atoms with Crippen LogP contribution >= 0.6 is 0 Å². The van der Waals surface area contributed by atoms with Gasteiger partial charge < -0.3 is 14.9 Å². The summed E-state index contributed by atoms with van der Waals surface area (Å²) in [7, 11) is 0. The molecule has 0 aromatic rings. The third-order valence-corrected chi connectivity index (χ3v) is 1.74. The molecule has 0 aliphatic rings. The van der Waals surface area contributed by atoms with E-state index in [0.29, 0.717) is 0 Å². The van der Waals surface area contributed by atoms with Gasteiger partial charge in [-0.25, -0.2) is 0 Å². The molecule has 2 N–H and O–H groups in total. The first-order chi connectivity index (χ1) is 5.90. The van der Waals surface area contributed by atoms with E-state index in [0.717, 1.165) is 6.42 Å². The SMILES string of the molecule is C=COC=C.CCC(C)C(C)(O)O. The van der Waals surface area contributed by atoms with E-state index in [2.05, 4.69) is 17.9 Å². The van der Waals surface area contributed by atoms with Crippen LogP contribution < -0.4 is 0 Å². The first kappa shape index (κ1) is 14.7. The summed E-state index contributed by atoms with van der Waals surface area (Å²) >= 11 is 0. The number of aliphatic hydroxyl groups is 2.